The molecule has 2 N–H and O–H groups in total. The molecule has 0 saturated heterocycles. The number of carboxylic acids is 1. The van der Waals surface area contributed by atoms with E-state index in [-0.39, 0.29) is 11.5 Å². The summed E-state index contributed by atoms with van der Waals surface area (Å²) in [6, 6.07) is 0. The summed E-state index contributed by atoms with van der Waals surface area (Å²) >= 11 is 0. The van der Waals surface area contributed by atoms with Gasteiger partial charge >= 0.3 is 11.9 Å². The number of carbonyl (C=O) groups is 2. The van der Waals surface area contributed by atoms with E-state index in [1.54, 1.807) is 0 Å². The van der Waals surface area contributed by atoms with Crippen LogP contribution in [0.2, 0.25) is 0 Å². The Morgan fingerprint density at radius 2 is 0.970 bits per heavy atom. The van der Waals surface area contributed by atoms with Gasteiger partial charge in [-0.25, -0.2) is 9.59 Å². The van der Waals surface area contributed by atoms with Crippen LogP contribution in [0.4, 0.5) is 0 Å². The molecule has 0 bridgehead atoms. The van der Waals surface area contributed by atoms with E-state index in [0.29, 0.717) is 12.8 Å². The van der Waals surface area contributed by atoms with Crippen LogP contribution in [0.3, 0.4) is 0 Å². The van der Waals surface area contributed by atoms with Gasteiger partial charge in [0.2, 0.25) is 0 Å². The maximum Gasteiger partial charge on any atom is 0.339 e. The third-order valence-corrected chi connectivity index (χ3v) is 5.86. The second-order valence-corrected chi connectivity index (χ2v) is 9.16. The van der Waals surface area contributed by atoms with Gasteiger partial charge in [0.15, 0.2) is 0 Å². The largest absolute Gasteiger partial charge is 0.512 e. The monoisotopic (exact) mass is 466 g/mol. The van der Waals surface area contributed by atoms with Gasteiger partial charge in [0, 0.05) is 12.8 Å². The molecule has 0 rings (SSSR count). The standard InChI is InChI=1S/C28H50O5/c1-3-5-7-9-11-13-15-17-19-21-25(29)23-28(32)33-26(24-27(30)31)22-20-18-16-14-12-10-8-6-4-2/h23-24,29H,3-22H2,1-2H3,(H,30,31). The lowest BCUT2D eigenvalue weighted by Gasteiger charge is -2.07. The molecule has 0 aliphatic rings. The summed E-state index contributed by atoms with van der Waals surface area (Å²) < 4.78 is 5.20. The topological polar surface area (TPSA) is 83.8 Å². The highest BCUT2D eigenvalue weighted by Crippen LogP contribution is 2.16. The zero-order chi connectivity index (χ0) is 24.6. The molecule has 0 saturated carbocycles. The molecule has 0 fully saturated rings. The molecule has 5 nitrogen and oxygen atoms in total. The van der Waals surface area contributed by atoms with E-state index < -0.39 is 11.9 Å². The Morgan fingerprint density at radius 3 is 1.39 bits per heavy atom. The van der Waals surface area contributed by atoms with E-state index in [1.807, 2.05) is 0 Å². The van der Waals surface area contributed by atoms with Crippen LogP contribution in [0.15, 0.2) is 23.7 Å². The average molecular weight is 467 g/mol. The van der Waals surface area contributed by atoms with Crippen LogP contribution >= 0.6 is 0 Å². The highest BCUT2D eigenvalue weighted by Gasteiger charge is 2.09. The molecule has 0 aromatic carbocycles. The van der Waals surface area contributed by atoms with Gasteiger partial charge in [0.25, 0.3) is 0 Å². The van der Waals surface area contributed by atoms with Crippen LogP contribution in [-0.4, -0.2) is 22.2 Å². The minimum Gasteiger partial charge on any atom is -0.512 e. The number of aliphatic hydroxyl groups is 1. The Kier molecular flexibility index (Phi) is 22.1. The first kappa shape index (κ1) is 31.2. The van der Waals surface area contributed by atoms with Crippen LogP contribution in [-0.2, 0) is 14.3 Å². The van der Waals surface area contributed by atoms with E-state index in [1.165, 1.54) is 77.0 Å². The number of unbranched alkanes of at least 4 members (excludes halogenated alkanes) is 16. The maximum absolute atomic E-state index is 12.1. The van der Waals surface area contributed by atoms with Gasteiger partial charge < -0.3 is 14.9 Å². The fourth-order valence-electron chi connectivity index (χ4n) is 3.88. The van der Waals surface area contributed by atoms with Gasteiger partial charge in [-0.15, -0.1) is 0 Å². The SMILES string of the molecule is CCCCCCCCCCCC(O)=CC(=O)OC(=CC(=O)O)CCCCCCCCCCC. The molecule has 0 aliphatic heterocycles. The molecular weight excluding hydrogens is 416 g/mol. The molecule has 192 valence electrons. The summed E-state index contributed by atoms with van der Waals surface area (Å²) in [5, 5.41) is 19.0. The summed E-state index contributed by atoms with van der Waals surface area (Å²) in [5.41, 5.74) is 0. The van der Waals surface area contributed by atoms with Crippen molar-refractivity contribution in [3.05, 3.63) is 23.7 Å². The van der Waals surface area contributed by atoms with Crippen molar-refractivity contribution in [1.82, 2.24) is 0 Å². The normalized spacial score (nSPS) is 12.2. The molecular formula is C28H50O5. The van der Waals surface area contributed by atoms with Crippen LogP contribution in [0.25, 0.3) is 0 Å². The first-order valence-electron chi connectivity index (χ1n) is 13.5. The van der Waals surface area contributed by atoms with E-state index in [9.17, 15) is 14.7 Å². The lowest BCUT2D eigenvalue weighted by molar-refractivity contribution is -0.134. The summed E-state index contributed by atoms with van der Waals surface area (Å²) in [6.07, 6.45) is 24.1. The molecule has 5 heteroatoms. The first-order chi connectivity index (χ1) is 16.0. The second kappa shape index (κ2) is 23.4. The third-order valence-electron chi connectivity index (χ3n) is 5.86. The Morgan fingerprint density at radius 1 is 0.576 bits per heavy atom. The van der Waals surface area contributed by atoms with Gasteiger partial charge in [0.1, 0.15) is 5.76 Å². The summed E-state index contributed by atoms with van der Waals surface area (Å²) in [4.78, 5) is 23.1. The minimum atomic E-state index is -1.13. The first-order valence-corrected chi connectivity index (χ1v) is 13.5. The number of carbonyl (C=O) groups excluding carboxylic acids is 1. The van der Waals surface area contributed by atoms with Crippen molar-refractivity contribution in [3.63, 3.8) is 0 Å². The number of hydrogen-bond donors (Lipinski definition) is 2. The second-order valence-electron chi connectivity index (χ2n) is 9.16. The Balaban J connectivity index is 4.06. The molecule has 0 unspecified atom stereocenters. The number of aliphatic carboxylic acids is 1. The summed E-state index contributed by atoms with van der Waals surface area (Å²) in [7, 11) is 0. The van der Waals surface area contributed by atoms with Crippen molar-refractivity contribution in [1.29, 1.82) is 0 Å². The van der Waals surface area contributed by atoms with Crippen LogP contribution in [0.5, 0.6) is 0 Å². The Hall–Kier alpha value is -1.78. The van der Waals surface area contributed by atoms with Gasteiger partial charge in [0.05, 0.1) is 17.9 Å². The molecule has 0 heterocycles. The van der Waals surface area contributed by atoms with Gasteiger partial charge in [-0.2, -0.15) is 0 Å². The predicted octanol–water partition coefficient (Wildman–Crippen LogP) is 8.78. The van der Waals surface area contributed by atoms with E-state index in [2.05, 4.69) is 13.8 Å². The maximum atomic E-state index is 12.1. The fraction of sp³-hybridized carbons (Fsp3) is 0.786. The summed E-state index contributed by atoms with van der Waals surface area (Å²) in [5.74, 6) is -1.67. The van der Waals surface area contributed by atoms with Crippen molar-refractivity contribution < 1.29 is 24.5 Å². The quantitative estimate of drug-likeness (QED) is 0.0680. The Labute approximate surface area is 202 Å². The van der Waals surface area contributed by atoms with E-state index in [0.717, 1.165) is 50.7 Å². The number of rotatable bonds is 23. The van der Waals surface area contributed by atoms with Crippen molar-refractivity contribution in [2.45, 2.75) is 142 Å². The Bertz CT molecular complexity index is 550. The average Bonchev–Trinajstić information content (AvgIpc) is 2.76. The number of aliphatic hydroxyl groups excluding tert-OH is 1. The van der Waals surface area contributed by atoms with Crippen LogP contribution in [0, 0.1) is 0 Å². The molecule has 0 spiro atoms. The van der Waals surface area contributed by atoms with Gasteiger partial charge in [-0.3, -0.25) is 0 Å². The highest BCUT2D eigenvalue weighted by atomic mass is 16.5. The number of carboxylic acid groups (broad SMARTS) is 1. The lowest BCUT2D eigenvalue weighted by atomic mass is 10.1. The molecule has 0 amide bonds. The third kappa shape index (κ3) is 23.2. The molecule has 33 heavy (non-hydrogen) atoms. The van der Waals surface area contributed by atoms with E-state index in [4.69, 9.17) is 9.84 Å². The molecule has 0 aliphatic carbocycles. The van der Waals surface area contributed by atoms with Crippen molar-refractivity contribution in [2.24, 2.45) is 0 Å². The number of hydrogen-bond acceptors (Lipinski definition) is 4. The van der Waals surface area contributed by atoms with Crippen molar-refractivity contribution in [2.75, 3.05) is 0 Å². The van der Waals surface area contributed by atoms with Gasteiger partial charge in [-0.05, 0) is 12.8 Å². The predicted molar refractivity (Wildman–Crippen MR) is 136 cm³/mol. The number of allylic oxidation sites excluding steroid dienone is 2. The zero-order valence-electron chi connectivity index (χ0n) is 21.4. The minimum absolute atomic E-state index is 0.000642. The molecule has 0 aromatic heterocycles. The van der Waals surface area contributed by atoms with Crippen molar-refractivity contribution >= 4 is 11.9 Å². The molecule has 0 radical (unpaired) electrons. The smallest absolute Gasteiger partial charge is 0.339 e. The number of esters is 1. The molecule has 0 aromatic rings. The summed E-state index contributed by atoms with van der Waals surface area (Å²) in [6.45, 7) is 4.43. The van der Waals surface area contributed by atoms with Crippen LogP contribution in [0.1, 0.15) is 142 Å². The molecule has 0 atom stereocenters. The lowest BCUT2D eigenvalue weighted by Crippen LogP contribution is -2.05. The van der Waals surface area contributed by atoms with Gasteiger partial charge in [-0.1, -0.05) is 117 Å². The number of ether oxygens (including phenoxy) is 1. The van der Waals surface area contributed by atoms with Crippen LogP contribution < -0.4 is 0 Å². The highest BCUT2D eigenvalue weighted by molar-refractivity contribution is 5.85. The van der Waals surface area contributed by atoms with E-state index >= 15 is 0 Å². The van der Waals surface area contributed by atoms with Crippen molar-refractivity contribution in [3.8, 4) is 0 Å². The zero-order valence-corrected chi connectivity index (χ0v) is 21.4. The fourth-order valence-corrected chi connectivity index (χ4v) is 3.88.